The van der Waals surface area contributed by atoms with E-state index in [0.29, 0.717) is 6.54 Å². The Kier molecular flexibility index (Phi) is 3.49. The second kappa shape index (κ2) is 4.74. The van der Waals surface area contributed by atoms with E-state index in [1.807, 2.05) is 6.92 Å². The van der Waals surface area contributed by atoms with Gasteiger partial charge in [0.1, 0.15) is 5.82 Å². The van der Waals surface area contributed by atoms with E-state index in [4.69, 9.17) is 0 Å². The van der Waals surface area contributed by atoms with Crippen LogP contribution in [0.5, 0.6) is 0 Å². The Hall–Kier alpha value is -0.940. The minimum Gasteiger partial charge on any atom is -0.207 e. The van der Waals surface area contributed by atoms with E-state index in [1.165, 1.54) is 22.5 Å². The van der Waals surface area contributed by atoms with Gasteiger partial charge >= 0.3 is 0 Å². The summed E-state index contributed by atoms with van der Waals surface area (Å²) in [5.41, 5.74) is 0. The molecule has 1 aliphatic rings. The Morgan fingerprint density at radius 3 is 2.82 bits per heavy atom. The third-order valence-corrected chi connectivity index (χ3v) is 4.97. The number of piperidine rings is 1. The minimum atomic E-state index is -3.56. The monoisotopic (exact) mass is 256 g/mol. The molecule has 0 spiro atoms. The lowest BCUT2D eigenvalue weighted by atomic mass is 10.1. The van der Waals surface area contributed by atoms with Gasteiger partial charge in [0, 0.05) is 12.6 Å². The molecular weight excluding hydrogens is 241 g/mol. The third kappa shape index (κ3) is 2.50. The predicted octanol–water partition coefficient (Wildman–Crippen LogP) is 2.20. The van der Waals surface area contributed by atoms with Crippen LogP contribution >= 0.6 is 0 Å². The number of hydrogen-bond acceptors (Lipinski definition) is 2. The van der Waals surface area contributed by atoms with Gasteiger partial charge in [-0.3, -0.25) is 0 Å². The van der Waals surface area contributed by atoms with Crippen molar-refractivity contribution in [1.82, 2.24) is 4.31 Å². The van der Waals surface area contributed by atoms with E-state index < -0.39 is 15.8 Å². The van der Waals surface area contributed by atoms with E-state index >= 15 is 0 Å². The first-order valence-corrected chi connectivity index (χ1v) is 7.05. The highest BCUT2D eigenvalue weighted by atomic mass is 32.2. The van der Waals surface area contributed by atoms with Crippen molar-refractivity contribution in [3.05, 3.63) is 36.5 Å². The van der Waals surface area contributed by atoms with Gasteiger partial charge in [-0.2, -0.15) is 4.31 Å². The van der Waals surface area contributed by atoms with Gasteiger partial charge in [0.2, 0.25) is 10.0 Å². The van der Waals surface area contributed by atoms with Crippen LogP contribution in [0.4, 0.5) is 4.39 Å². The maximum absolute atomic E-state index is 13.1. The van der Waals surface area contributed by atoms with E-state index in [0.717, 1.165) is 18.9 Å². The molecule has 1 aliphatic heterocycles. The molecule has 0 saturated carbocycles. The maximum atomic E-state index is 13.1. The summed E-state index contributed by atoms with van der Waals surface area (Å²) >= 11 is 0. The van der Waals surface area contributed by atoms with Gasteiger partial charge in [0.25, 0.3) is 0 Å². The number of nitrogens with zero attached hydrogens (tertiary/aromatic N) is 1. The zero-order chi connectivity index (χ0) is 12.5. The first-order valence-electron chi connectivity index (χ1n) is 5.61. The van der Waals surface area contributed by atoms with Crippen LogP contribution in [0.25, 0.3) is 0 Å². The highest BCUT2D eigenvalue weighted by Gasteiger charge is 2.30. The van der Waals surface area contributed by atoms with E-state index in [2.05, 4.69) is 6.42 Å². The highest BCUT2D eigenvalue weighted by Crippen LogP contribution is 2.24. The highest BCUT2D eigenvalue weighted by molar-refractivity contribution is 7.89. The molecular formula is C12H15FNO2S. The summed E-state index contributed by atoms with van der Waals surface area (Å²) in [5, 5.41) is 0. The molecule has 17 heavy (non-hydrogen) atoms. The Bertz CT molecular complexity index is 501. The molecule has 3 nitrogen and oxygen atoms in total. The van der Waals surface area contributed by atoms with Crippen molar-refractivity contribution in [3.8, 4) is 0 Å². The van der Waals surface area contributed by atoms with Crippen LogP contribution in [0.1, 0.15) is 19.8 Å². The summed E-state index contributed by atoms with van der Waals surface area (Å²) in [6, 6.07) is 5.11. The standard InChI is InChI=1S/C12H15FNO2S/c1-10-5-2-3-8-14(10)17(15,16)12-7-4-6-11(13)9-12/h2,4,6-7,9-10H,3,5,8H2,1H3. The molecule has 0 aromatic heterocycles. The quantitative estimate of drug-likeness (QED) is 0.813. The molecule has 1 aromatic rings. The minimum absolute atomic E-state index is 0.0336. The maximum Gasteiger partial charge on any atom is 0.243 e. The molecule has 2 rings (SSSR count). The lowest BCUT2D eigenvalue weighted by Crippen LogP contribution is -2.42. The number of hydrogen-bond donors (Lipinski definition) is 0. The fourth-order valence-electron chi connectivity index (χ4n) is 2.04. The lowest BCUT2D eigenvalue weighted by Gasteiger charge is -2.32. The van der Waals surface area contributed by atoms with E-state index in [1.54, 1.807) is 0 Å². The SMILES string of the molecule is CC1C[CH]CCN1S(=O)(=O)c1cccc(F)c1. The summed E-state index contributed by atoms with van der Waals surface area (Å²) in [7, 11) is -3.56. The molecule has 5 heteroatoms. The smallest absolute Gasteiger partial charge is 0.207 e. The zero-order valence-corrected chi connectivity index (χ0v) is 10.5. The summed E-state index contributed by atoms with van der Waals surface area (Å²) < 4.78 is 39.1. The van der Waals surface area contributed by atoms with Gasteiger partial charge in [-0.1, -0.05) is 6.07 Å². The second-order valence-electron chi connectivity index (χ2n) is 4.24. The van der Waals surface area contributed by atoms with Crippen LogP contribution in [0, 0.1) is 12.2 Å². The van der Waals surface area contributed by atoms with Crippen LogP contribution in [0.15, 0.2) is 29.2 Å². The Balaban J connectivity index is 2.35. The molecule has 93 valence electrons. The topological polar surface area (TPSA) is 37.4 Å². The summed E-state index contributed by atoms with van der Waals surface area (Å²) in [4.78, 5) is 0.0336. The average Bonchev–Trinajstić information content (AvgIpc) is 2.29. The summed E-state index contributed by atoms with van der Waals surface area (Å²) in [6.07, 6.45) is 3.58. The molecule has 1 radical (unpaired) electrons. The zero-order valence-electron chi connectivity index (χ0n) is 9.64. The largest absolute Gasteiger partial charge is 0.243 e. The predicted molar refractivity (Wildman–Crippen MR) is 63.3 cm³/mol. The van der Waals surface area contributed by atoms with Crippen LogP contribution in [0.2, 0.25) is 0 Å². The second-order valence-corrected chi connectivity index (χ2v) is 6.13. The summed E-state index contributed by atoms with van der Waals surface area (Å²) in [5.74, 6) is -0.526. The fraction of sp³-hybridized carbons (Fsp3) is 0.417. The Morgan fingerprint density at radius 1 is 1.41 bits per heavy atom. The van der Waals surface area contributed by atoms with Crippen molar-refractivity contribution in [2.45, 2.75) is 30.7 Å². The number of rotatable bonds is 2. The van der Waals surface area contributed by atoms with Crippen LogP contribution < -0.4 is 0 Å². The van der Waals surface area contributed by atoms with Gasteiger partial charge < -0.3 is 0 Å². The number of sulfonamides is 1. The molecule has 0 amide bonds. The van der Waals surface area contributed by atoms with Crippen molar-refractivity contribution in [3.63, 3.8) is 0 Å². The van der Waals surface area contributed by atoms with Crippen molar-refractivity contribution in [2.24, 2.45) is 0 Å². The van der Waals surface area contributed by atoms with Gasteiger partial charge in [-0.05, 0) is 44.4 Å². The molecule has 1 unspecified atom stereocenters. The molecule has 1 atom stereocenters. The molecule has 1 fully saturated rings. The first kappa shape index (κ1) is 12.5. The molecule has 1 aromatic carbocycles. The van der Waals surface area contributed by atoms with Gasteiger partial charge in [0.15, 0.2) is 0 Å². The number of halogens is 1. The molecule has 1 heterocycles. The summed E-state index contributed by atoms with van der Waals surface area (Å²) in [6.45, 7) is 2.34. The van der Waals surface area contributed by atoms with E-state index in [9.17, 15) is 12.8 Å². The molecule has 0 bridgehead atoms. The van der Waals surface area contributed by atoms with Crippen LogP contribution in [0.3, 0.4) is 0 Å². The fourth-order valence-corrected chi connectivity index (χ4v) is 3.72. The van der Waals surface area contributed by atoms with Crippen LogP contribution in [-0.4, -0.2) is 25.3 Å². The third-order valence-electron chi connectivity index (χ3n) is 2.96. The Morgan fingerprint density at radius 2 is 2.18 bits per heavy atom. The van der Waals surface area contributed by atoms with Crippen molar-refractivity contribution in [2.75, 3.05) is 6.54 Å². The van der Waals surface area contributed by atoms with Gasteiger partial charge in [-0.25, -0.2) is 12.8 Å². The van der Waals surface area contributed by atoms with Crippen LogP contribution in [-0.2, 0) is 10.0 Å². The van der Waals surface area contributed by atoms with Crippen molar-refractivity contribution >= 4 is 10.0 Å². The van der Waals surface area contributed by atoms with Crippen molar-refractivity contribution < 1.29 is 12.8 Å². The first-order chi connectivity index (χ1) is 8.01. The molecule has 0 aliphatic carbocycles. The van der Waals surface area contributed by atoms with Gasteiger partial charge in [-0.15, -0.1) is 0 Å². The van der Waals surface area contributed by atoms with E-state index in [-0.39, 0.29) is 10.9 Å². The van der Waals surface area contributed by atoms with Crippen molar-refractivity contribution in [1.29, 1.82) is 0 Å². The normalized spacial score (nSPS) is 22.6. The Labute approximate surface area is 101 Å². The molecule has 1 saturated heterocycles. The lowest BCUT2D eigenvalue weighted by molar-refractivity contribution is 0.303. The average molecular weight is 256 g/mol. The molecule has 0 N–H and O–H groups in total. The van der Waals surface area contributed by atoms with Gasteiger partial charge in [0.05, 0.1) is 4.90 Å². The number of benzene rings is 1.